The summed E-state index contributed by atoms with van der Waals surface area (Å²) in [6, 6.07) is 8.95. The Balaban J connectivity index is 1.92. The monoisotopic (exact) mass is 311 g/mol. The standard InChI is InChI=1S/C14H15BrFNO/c1-10(7-8-11-4-3-9-18-11)17-14-12(15)5-2-6-13(14)16/h2-6,9-10,17H,7-8H2,1H3. The molecular weight excluding hydrogens is 297 g/mol. The summed E-state index contributed by atoms with van der Waals surface area (Å²) in [4.78, 5) is 0. The van der Waals surface area contributed by atoms with E-state index in [2.05, 4.69) is 21.2 Å². The van der Waals surface area contributed by atoms with Crippen LogP contribution in [0.5, 0.6) is 0 Å². The summed E-state index contributed by atoms with van der Waals surface area (Å²) in [5, 5.41) is 3.18. The molecule has 18 heavy (non-hydrogen) atoms. The minimum absolute atomic E-state index is 0.170. The molecule has 2 aromatic rings. The predicted octanol–water partition coefficient (Wildman–Crippen LogP) is 4.61. The Kier molecular flexibility index (Phi) is 4.42. The number of hydrogen-bond acceptors (Lipinski definition) is 2. The van der Waals surface area contributed by atoms with Crippen molar-refractivity contribution in [3.8, 4) is 0 Å². The van der Waals surface area contributed by atoms with Crippen LogP contribution in [0.3, 0.4) is 0 Å². The summed E-state index contributed by atoms with van der Waals surface area (Å²) in [5.41, 5.74) is 0.518. The molecule has 2 rings (SSSR count). The lowest BCUT2D eigenvalue weighted by molar-refractivity contribution is 0.494. The van der Waals surface area contributed by atoms with Crippen LogP contribution in [0.4, 0.5) is 10.1 Å². The van der Waals surface area contributed by atoms with Crippen LogP contribution >= 0.6 is 15.9 Å². The molecule has 0 aliphatic carbocycles. The van der Waals surface area contributed by atoms with Gasteiger partial charge in [-0.1, -0.05) is 6.07 Å². The Bertz CT molecular complexity index is 478. The number of para-hydroxylation sites is 1. The van der Waals surface area contributed by atoms with Gasteiger partial charge in [0.2, 0.25) is 0 Å². The fraction of sp³-hybridized carbons (Fsp3) is 0.286. The number of halogens is 2. The summed E-state index contributed by atoms with van der Waals surface area (Å²) >= 11 is 3.34. The molecule has 0 radical (unpaired) electrons. The van der Waals surface area contributed by atoms with E-state index in [0.717, 1.165) is 23.1 Å². The molecule has 96 valence electrons. The second-order valence-corrected chi connectivity index (χ2v) is 5.11. The van der Waals surface area contributed by atoms with E-state index >= 15 is 0 Å². The normalized spacial score (nSPS) is 12.4. The van der Waals surface area contributed by atoms with Gasteiger partial charge in [-0.25, -0.2) is 4.39 Å². The van der Waals surface area contributed by atoms with Gasteiger partial charge >= 0.3 is 0 Å². The highest BCUT2D eigenvalue weighted by Gasteiger charge is 2.10. The topological polar surface area (TPSA) is 25.2 Å². The molecule has 0 aliphatic heterocycles. The van der Waals surface area contributed by atoms with E-state index in [1.807, 2.05) is 25.1 Å². The van der Waals surface area contributed by atoms with Crippen LogP contribution in [-0.4, -0.2) is 6.04 Å². The molecule has 0 spiro atoms. The lowest BCUT2D eigenvalue weighted by Gasteiger charge is -2.16. The second-order valence-electron chi connectivity index (χ2n) is 4.26. The Labute approximate surface area is 114 Å². The molecule has 0 amide bonds. The maximum atomic E-state index is 13.6. The van der Waals surface area contributed by atoms with Crippen LogP contribution < -0.4 is 5.32 Å². The number of aryl methyl sites for hydroxylation is 1. The highest BCUT2D eigenvalue weighted by Crippen LogP contribution is 2.26. The lowest BCUT2D eigenvalue weighted by atomic mass is 10.1. The molecule has 1 aromatic carbocycles. The average molecular weight is 312 g/mol. The number of benzene rings is 1. The highest BCUT2D eigenvalue weighted by atomic mass is 79.9. The largest absolute Gasteiger partial charge is 0.469 e. The molecule has 1 aromatic heterocycles. The second kappa shape index (κ2) is 6.05. The maximum absolute atomic E-state index is 13.6. The third-order valence-electron chi connectivity index (χ3n) is 2.76. The summed E-state index contributed by atoms with van der Waals surface area (Å²) in [6.45, 7) is 2.03. The van der Waals surface area contributed by atoms with Crippen molar-refractivity contribution in [2.24, 2.45) is 0 Å². The molecule has 1 unspecified atom stereocenters. The predicted molar refractivity (Wildman–Crippen MR) is 74.2 cm³/mol. The van der Waals surface area contributed by atoms with Gasteiger partial charge in [0.25, 0.3) is 0 Å². The van der Waals surface area contributed by atoms with Gasteiger partial charge in [0.1, 0.15) is 11.6 Å². The van der Waals surface area contributed by atoms with Gasteiger partial charge in [-0.05, 0) is 53.5 Å². The van der Waals surface area contributed by atoms with Crippen molar-refractivity contribution in [1.29, 1.82) is 0 Å². The number of rotatable bonds is 5. The first-order valence-corrected chi connectivity index (χ1v) is 6.69. The van der Waals surface area contributed by atoms with Crippen molar-refractivity contribution in [1.82, 2.24) is 0 Å². The van der Waals surface area contributed by atoms with Crippen molar-refractivity contribution in [3.05, 3.63) is 52.6 Å². The number of hydrogen-bond donors (Lipinski definition) is 1. The molecule has 1 atom stereocenters. The van der Waals surface area contributed by atoms with Crippen molar-refractivity contribution in [3.63, 3.8) is 0 Å². The van der Waals surface area contributed by atoms with E-state index in [0.29, 0.717) is 5.69 Å². The summed E-state index contributed by atoms with van der Waals surface area (Å²) in [5.74, 6) is 0.713. The Hall–Kier alpha value is -1.29. The minimum atomic E-state index is -0.241. The summed E-state index contributed by atoms with van der Waals surface area (Å²) < 4.78 is 19.6. The van der Waals surface area contributed by atoms with Crippen LogP contribution in [0.25, 0.3) is 0 Å². The number of furan rings is 1. The minimum Gasteiger partial charge on any atom is -0.469 e. The number of nitrogens with one attached hydrogen (secondary N) is 1. The van der Waals surface area contributed by atoms with E-state index < -0.39 is 0 Å². The van der Waals surface area contributed by atoms with E-state index in [-0.39, 0.29) is 11.9 Å². The van der Waals surface area contributed by atoms with Gasteiger partial charge in [0.15, 0.2) is 0 Å². The third-order valence-corrected chi connectivity index (χ3v) is 3.42. The first kappa shape index (κ1) is 13.1. The van der Waals surface area contributed by atoms with Crippen molar-refractivity contribution in [2.45, 2.75) is 25.8 Å². The zero-order valence-electron chi connectivity index (χ0n) is 10.1. The molecule has 0 aliphatic rings. The molecule has 0 saturated carbocycles. The van der Waals surface area contributed by atoms with E-state index in [1.54, 1.807) is 12.3 Å². The molecule has 1 N–H and O–H groups in total. The molecule has 2 nitrogen and oxygen atoms in total. The molecule has 0 bridgehead atoms. The zero-order chi connectivity index (χ0) is 13.0. The van der Waals surface area contributed by atoms with Gasteiger partial charge in [0.05, 0.1) is 12.0 Å². The molecule has 0 saturated heterocycles. The van der Waals surface area contributed by atoms with E-state index in [9.17, 15) is 4.39 Å². The average Bonchev–Trinajstić information content (AvgIpc) is 2.84. The fourth-order valence-corrected chi connectivity index (χ4v) is 2.22. The zero-order valence-corrected chi connectivity index (χ0v) is 11.7. The number of anilines is 1. The van der Waals surface area contributed by atoms with Gasteiger partial charge in [-0.3, -0.25) is 0 Å². The van der Waals surface area contributed by atoms with E-state index in [1.165, 1.54) is 6.07 Å². The lowest BCUT2D eigenvalue weighted by Crippen LogP contribution is -2.17. The van der Waals surface area contributed by atoms with Gasteiger partial charge in [0, 0.05) is 16.9 Å². The van der Waals surface area contributed by atoms with Gasteiger partial charge in [-0.2, -0.15) is 0 Å². The Morgan fingerprint density at radius 3 is 2.83 bits per heavy atom. The SMILES string of the molecule is CC(CCc1ccco1)Nc1c(F)cccc1Br. The van der Waals surface area contributed by atoms with Crippen LogP contribution in [0.1, 0.15) is 19.1 Å². The van der Waals surface area contributed by atoms with Crippen molar-refractivity contribution >= 4 is 21.6 Å². The van der Waals surface area contributed by atoms with Gasteiger partial charge in [-0.15, -0.1) is 0 Å². The van der Waals surface area contributed by atoms with Gasteiger partial charge < -0.3 is 9.73 Å². The summed E-state index contributed by atoms with van der Waals surface area (Å²) in [7, 11) is 0. The highest BCUT2D eigenvalue weighted by molar-refractivity contribution is 9.10. The van der Waals surface area contributed by atoms with Crippen LogP contribution in [0.2, 0.25) is 0 Å². The fourth-order valence-electron chi connectivity index (χ4n) is 1.77. The first-order valence-electron chi connectivity index (χ1n) is 5.89. The quantitative estimate of drug-likeness (QED) is 0.872. The van der Waals surface area contributed by atoms with E-state index in [4.69, 9.17) is 4.42 Å². The molecule has 4 heteroatoms. The Morgan fingerprint density at radius 1 is 1.33 bits per heavy atom. The van der Waals surface area contributed by atoms with Crippen molar-refractivity contribution in [2.75, 3.05) is 5.32 Å². The Morgan fingerprint density at radius 2 is 2.17 bits per heavy atom. The molecule has 1 heterocycles. The third kappa shape index (κ3) is 3.35. The van der Waals surface area contributed by atoms with Crippen molar-refractivity contribution < 1.29 is 8.81 Å². The van der Waals surface area contributed by atoms with Crippen LogP contribution in [0.15, 0.2) is 45.5 Å². The first-order chi connectivity index (χ1) is 8.66. The van der Waals surface area contributed by atoms with Crippen LogP contribution in [-0.2, 0) is 6.42 Å². The summed E-state index contributed by atoms with van der Waals surface area (Å²) in [6.07, 6.45) is 3.39. The van der Waals surface area contributed by atoms with Crippen LogP contribution in [0, 0.1) is 5.82 Å². The smallest absolute Gasteiger partial charge is 0.147 e. The maximum Gasteiger partial charge on any atom is 0.147 e. The molecular formula is C14H15BrFNO. The molecule has 0 fully saturated rings.